The second-order valence-electron chi connectivity index (χ2n) is 6.42. The number of rotatable bonds is 8. The van der Waals surface area contributed by atoms with Gasteiger partial charge in [-0.05, 0) is 53.9 Å². The van der Waals surface area contributed by atoms with E-state index in [4.69, 9.17) is 4.74 Å². The van der Waals surface area contributed by atoms with Crippen molar-refractivity contribution in [3.05, 3.63) is 95.6 Å². The van der Waals surface area contributed by atoms with E-state index < -0.39 is 10.8 Å². The van der Waals surface area contributed by atoms with Gasteiger partial charge in [-0.15, -0.1) is 0 Å². The minimum absolute atomic E-state index is 0.199. The fourth-order valence-electron chi connectivity index (χ4n) is 2.76. The van der Waals surface area contributed by atoms with E-state index in [1.54, 1.807) is 30.5 Å². The van der Waals surface area contributed by atoms with Crippen LogP contribution in [0.15, 0.2) is 83.8 Å². The van der Waals surface area contributed by atoms with E-state index in [1.807, 2.05) is 42.5 Å². The number of anilines is 1. The van der Waals surface area contributed by atoms with Crippen LogP contribution < -0.4 is 5.32 Å². The van der Waals surface area contributed by atoms with Gasteiger partial charge in [0.25, 0.3) is 5.91 Å². The molecule has 144 valence electrons. The molecule has 0 aromatic heterocycles. The summed E-state index contributed by atoms with van der Waals surface area (Å²) in [4.78, 5) is 13.1. The van der Waals surface area contributed by atoms with Crippen molar-refractivity contribution in [1.82, 2.24) is 0 Å². The van der Waals surface area contributed by atoms with Crippen LogP contribution in [-0.4, -0.2) is 23.0 Å². The Kier molecular flexibility index (Phi) is 7.12. The van der Waals surface area contributed by atoms with Gasteiger partial charge >= 0.3 is 0 Å². The number of hydrogen-bond acceptors (Lipinski definition) is 3. The summed E-state index contributed by atoms with van der Waals surface area (Å²) in [5.41, 5.74) is 3.50. The molecule has 0 spiro atoms. The van der Waals surface area contributed by atoms with Crippen LogP contribution in [0.1, 0.15) is 21.5 Å². The maximum absolute atomic E-state index is 12.4. The molecule has 0 aliphatic carbocycles. The molecule has 3 rings (SSSR count). The Morgan fingerprint density at radius 2 is 1.64 bits per heavy atom. The van der Waals surface area contributed by atoms with Gasteiger partial charge in [0.2, 0.25) is 0 Å². The Morgan fingerprint density at radius 3 is 2.36 bits per heavy atom. The van der Waals surface area contributed by atoms with E-state index >= 15 is 0 Å². The molecule has 0 saturated heterocycles. The zero-order valence-corrected chi connectivity index (χ0v) is 16.6. The lowest BCUT2D eigenvalue weighted by atomic mass is 10.1. The summed E-state index contributed by atoms with van der Waals surface area (Å²) in [7, 11) is -1.05. The summed E-state index contributed by atoms with van der Waals surface area (Å²) in [6.07, 6.45) is 2.48. The summed E-state index contributed by atoms with van der Waals surface area (Å²) in [5.74, 6) is -0.199. The Hall–Kier alpha value is -2.76. The first-order valence-electron chi connectivity index (χ1n) is 9.07. The number of hydrogen-bond donors (Lipinski definition) is 1. The monoisotopic (exact) mass is 393 g/mol. The van der Waals surface area contributed by atoms with Crippen molar-refractivity contribution in [3.8, 4) is 0 Å². The average Bonchev–Trinajstić information content (AvgIpc) is 2.72. The van der Waals surface area contributed by atoms with Crippen LogP contribution in [0.3, 0.4) is 0 Å². The van der Waals surface area contributed by atoms with Crippen LogP contribution in [0, 0.1) is 0 Å². The SMILES string of the molecule is CS(=O)c1ccc(C(=O)Nc2cccc(COCCc3ccccc3)c2)cc1. The maximum Gasteiger partial charge on any atom is 0.255 e. The first-order valence-corrected chi connectivity index (χ1v) is 10.6. The molecule has 0 heterocycles. The van der Waals surface area contributed by atoms with Crippen molar-refractivity contribution in [2.75, 3.05) is 18.2 Å². The molecular weight excluding hydrogens is 370 g/mol. The van der Waals surface area contributed by atoms with Crippen LogP contribution in [0.4, 0.5) is 5.69 Å². The summed E-state index contributed by atoms with van der Waals surface area (Å²) in [5, 5.41) is 2.89. The second-order valence-corrected chi connectivity index (χ2v) is 7.80. The minimum Gasteiger partial charge on any atom is -0.376 e. The normalized spacial score (nSPS) is 11.8. The van der Waals surface area contributed by atoms with Crippen LogP contribution >= 0.6 is 0 Å². The number of benzene rings is 3. The Labute approximate surface area is 168 Å². The average molecular weight is 394 g/mol. The molecule has 28 heavy (non-hydrogen) atoms. The maximum atomic E-state index is 12.4. The van der Waals surface area contributed by atoms with Gasteiger partial charge in [-0.2, -0.15) is 0 Å². The van der Waals surface area contributed by atoms with Crippen molar-refractivity contribution in [2.45, 2.75) is 17.9 Å². The molecule has 3 aromatic carbocycles. The van der Waals surface area contributed by atoms with E-state index in [2.05, 4.69) is 17.4 Å². The molecule has 1 N–H and O–H groups in total. The van der Waals surface area contributed by atoms with Gasteiger partial charge in [-0.3, -0.25) is 9.00 Å². The van der Waals surface area contributed by atoms with Gasteiger partial charge in [-0.25, -0.2) is 0 Å². The van der Waals surface area contributed by atoms with Crippen molar-refractivity contribution in [3.63, 3.8) is 0 Å². The topological polar surface area (TPSA) is 55.4 Å². The highest BCUT2D eigenvalue weighted by Gasteiger charge is 2.07. The van der Waals surface area contributed by atoms with Crippen LogP contribution in [0.2, 0.25) is 0 Å². The highest BCUT2D eigenvalue weighted by atomic mass is 32.2. The zero-order valence-electron chi connectivity index (χ0n) is 15.8. The third kappa shape index (κ3) is 5.87. The standard InChI is InChI=1S/C23H23NO3S/c1-28(26)22-12-10-20(11-13-22)23(25)24-21-9-5-8-19(16-21)17-27-15-14-18-6-3-2-4-7-18/h2-13,16H,14-15,17H2,1H3,(H,24,25). The lowest BCUT2D eigenvalue weighted by molar-refractivity contribution is 0.102. The number of ether oxygens (including phenoxy) is 1. The number of nitrogens with one attached hydrogen (secondary N) is 1. The predicted molar refractivity (Wildman–Crippen MR) is 113 cm³/mol. The molecule has 1 unspecified atom stereocenters. The van der Waals surface area contributed by atoms with Gasteiger partial charge in [0.1, 0.15) is 0 Å². The van der Waals surface area contributed by atoms with E-state index in [0.717, 1.165) is 17.7 Å². The van der Waals surface area contributed by atoms with Crippen molar-refractivity contribution < 1.29 is 13.7 Å². The molecule has 0 aliphatic rings. The summed E-state index contributed by atoms with van der Waals surface area (Å²) in [6.45, 7) is 1.14. The van der Waals surface area contributed by atoms with Crippen molar-refractivity contribution >= 4 is 22.4 Å². The smallest absolute Gasteiger partial charge is 0.255 e. The third-order valence-corrected chi connectivity index (χ3v) is 5.22. The third-order valence-electron chi connectivity index (χ3n) is 4.28. The molecule has 0 fully saturated rings. The number of carbonyl (C=O) groups excluding carboxylic acids is 1. The quantitative estimate of drug-likeness (QED) is 0.576. The lowest BCUT2D eigenvalue weighted by Gasteiger charge is -2.09. The second kappa shape index (κ2) is 9.97. The van der Waals surface area contributed by atoms with Gasteiger partial charge in [0, 0.05) is 33.2 Å². The van der Waals surface area contributed by atoms with Crippen LogP contribution in [0.5, 0.6) is 0 Å². The molecule has 4 nitrogen and oxygen atoms in total. The van der Waals surface area contributed by atoms with Gasteiger partial charge in [-0.1, -0.05) is 42.5 Å². The lowest BCUT2D eigenvalue weighted by Crippen LogP contribution is -2.12. The zero-order chi connectivity index (χ0) is 19.8. The highest BCUT2D eigenvalue weighted by Crippen LogP contribution is 2.14. The molecule has 0 bridgehead atoms. The van der Waals surface area contributed by atoms with Gasteiger partial charge in [0.15, 0.2) is 0 Å². The number of amides is 1. The molecular formula is C23H23NO3S. The van der Waals surface area contributed by atoms with E-state index in [-0.39, 0.29) is 5.91 Å². The van der Waals surface area contributed by atoms with Gasteiger partial charge < -0.3 is 10.1 Å². The molecule has 5 heteroatoms. The molecule has 1 atom stereocenters. The summed E-state index contributed by atoms with van der Waals surface area (Å²) >= 11 is 0. The number of carbonyl (C=O) groups is 1. The molecule has 0 aliphatic heterocycles. The Balaban J connectivity index is 1.52. The molecule has 1 amide bonds. The Bertz CT molecular complexity index is 940. The molecule has 0 radical (unpaired) electrons. The van der Waals surface area contributed by atoms with E-state index in [0.29, 0.717) is 23.7 Å². The summed E-state index contributed by atoms with van der Waals surface area (Å²) < 4.78 is 17.2. The first kappa shape index (κ1) is 20.0. The van der Waals surface area contributed by atoms with Crippen molar-refractivity contribution in [1.29, 1.82) is 0 Å². The van der Waals surface area contributed by atoms with Crippen LogP contribution in [0.25, 0.3) is 0 Å². The largest absolute Gasteiger partial charge is 0.376 e. The van der Waals surface area contributed by atoms with Crippen LogP contribution in [-0.2, 0) is 28.6 Å². The van der Waals surface area contributed by atoms with Crippen molar-refractivity contribution in [2.24, 2.45) is 0 Å². The summed E-state index contributed by atoms with van der Waals surface area (Å²) in [6, 6.07) is 24.6. The molecule has 3 aromatic rings. The minimum atomic E-state index is -1.05. The van der Waals surface area contributed by atoms with E-state index in [9.17, 15) is 9.00 Å². The molecule has 0 saturated carbocycles. The Morgan fingerprint density at radius 1 is 0.929 bits per heavy atom. The predicted octanol–water partition coefficient (Wildman–Crippen LogP) is 4.44. The van der Waals surface area contributed by atoms with E-state index in [1.165, 1.54) is 5.56 Å². The first-order chi connectivity index (χ1) is 13.6. The fourth-order valence-corrected chi connectivity index (χ4v) is 3.28. The highest BCUT2D eigenvalue weighted by molar-refractivity contribution is 7.84. The van der Waals surface area contributed by atoms with Gasteiger partial charge in [0.05, 0.1) is 13.2 Å². The fraction of sp³-hybridized carbons (Fsp3) is 0.174.